The molecular weight excluding hydrogens is 284 g/mol. The molecule has 0 spiro atoms. The van der Waals surface area contributed by atoms with Crippen LogP contribution >= 0.6 is 0 Å². The molecule has 0 unspecified atom stereocenters. The molecule has 1 fully saturated rings. The Morgan fingerprint density at radius 2 is 1.95 bits per heavy atom. The van der Waals surface area contributed by atoms with Crippen LogP contribution in [0.4, 0.5) is 5.69 Å². The lowest BCUT2D eigenvalue weighted by Crippen LogP contribution is -2.46. The Kier molecular flexibility index (Phi) is 5.47. The number of nitriles is 1. The number of nitrogens with zero attached hydrogens (tertiary/aromatic N) is 4. The number of nitro groups is 1. The molecule has 2 rings (SSSR count). The lowest BCUT2D eigenvalue weighted by atomic mass is 10.1. The Balaban J connectivity index is 2.13. The van der Waals surface area contributed by atoms with Crippen molar-refractivity contribution >= 4 is 11.4 Å². The van der Waals surface area contributed by atoms with Gasteiger partial charge in [-0.1, -0.05) is 0 Å². The maximum atomic E-state index is 10.7. The van der Waals surface area contributed by atoms with Crippen LogP contribution in [0.2, 0.25) is 0 Å². The Labute approximate surface area is 128 Å². The second-order valence-electron chi connectivity index (χ2n) is 5.01. The van der Waals surface area contributed by atoms with E-state index in [-0.39, 0.29) is 12.3 Å². The first-order chi connectivity index (χ1) is 10.7. The highest BCUT2D eigenvalue weighted by Crippen LogP contribution is 2.23. The summed E-state index contributed by atoms with van der Waals surface area (Å²) >= 11 is 0. The molecule has 0 atom stereocenters. The highest BCUT2D eigenvalue weighted by Gasteiger charge is 2.19. The van der Waals surface area contributed by atoms with Crippen molar-refractivity contribution in [3.8, 4) is 6.07 Å². The van der Waals surface area contributed by atoms with Crippen molar-refractivity contribution in [2.24, 2.45) is 0 Å². The lowest BCUT2D eigenvalue weighted by molar-refractivity contribution is -0.384. The van der Waals surface area contributed by atoms with Crippen LogP contribution in [-0.4, -0.2) is 59.2 Å². The van der Waals surface area contributed by atoms with E-state index in [0.29, 0.717) is 6.54 Å². The van der Waals surface area contributed by atoms with Gasteiger partial charge >= 0.3 is 0 Å². The van der Waals surface area contributed by atoms with Crippen LogP contribution < -0.4 is 0 Å². The van der Waals surface area contributed by atoms with E-state index in [4.69, 9.17) is 10.4 Å². The van der Waals surface area contributed by atoms with Crippen molar-refractivity contribution < 1.29 is 10.0 Å². The van der Waals surface area contributed by atoms with E-state index >= 15 is 0 Å². The van der Waals surface area contributed by atoms with Gasteiger partial charge in [0.1, 0.15) is 0 Å². The largest absolute Gasteiger partial charge is 0.395 e. The molecule has 1 saturated heterocycles. The molecule has 1 aromatic carbocycles. The quantitative estimate of drug-likeness (QED) is 0.497. The second kappa shape index (κ2) is 7.54. The van der Waals surface area contributed by atoms with Gasteiger partial charge in [0.25, 0.3) is 5.69 Å². The number of allylic oxidation sites excluding steroid dienone is 1. The number of hydrogen-bond donors (Lipinski definition) is 1. The number of β-amino-alcohol motifs (C(OH)–C–C–N with tert-alkyl or cyclic N) is 1. The van der Waals surface area contributed by atoms with Gasteiger partial charge in [-0.2, -0.15) is 5.26 Å². The van der Waals surface area contributed by atoms with E-state index in [9.17, 15) is 10.1 Å². The van der Waals surface area contributed by atoms with Crippen LogP contribution in [0.25, 0.3) is 5.70 Å². The summed E-state index contributed by atoms with van der Waals surface area (Å²) in [5.41, 5.74) is 1.61. The van der Waals surface area contributed by atoms with Gasteiger partial charge in [0.2, 0.25) is 0 Å². The Morgan fingerprint density at radius 3 is 2.45 bits per heavy atom. The van der Waals surface area contributed by atoms with Crippen LogP contribution in [-0.2, 0) is 0 Å². The fraction of sp³-hybridized carbons (Fsp3) is 0.400. The smallest absolute Gasteiger partial charge is 0.269 e. The Morgan fingerprint density at radius 1 is 1.32 bits per heavy atom. The zero-order valence-corrected chi connectivity index (χ0v) is 12.2. The number of rotatable bonds is 5. The van der Waals surface area contributed by atoms with Gasteiger partial charge in [-0.3, -0.25) is 15.0 Å². The molecule has 116 valence electrons. The van der Waals surface area contributed by atoms with E-state index in [1.165, 1.54) is 18.2 Å². The predicted molar refractivity (Wildman–Crippen MR) is 81.8 cm³/mol. The number of benzene rings is 1. The Bertz CT molecular complexity index is 584. The molecule has 7 heteroatoms. The van der Waals surface area contributed by atoms with Crippen molar-refractivity contribution in [1.82, 2.24) is 9.80 Å². The van der Waals surface area contributed by atoms with Gasteiger partial charge in [0.15, 0.2) is 0 Å². The SMILES string of the molecule is N#C/C=C(\c1ccc([N+](=O)[O-])cc1)N1CCN(CCO)CC1. The average Bonchev–Trinajstić information content (AvgIpc) is 2.54. The monoisotopic (exact) mass is 302 g/mol. The summed E-state index contributed by atoms with van der Waals surface area (Å²) in [5, 5.41) is 28.7. The third kappa shape index (κ3) is 3.81. The van der Waals surface area contributed by atoms with E-state index in [2.05, 4.69) is 9.80 Å². The molecule has 1 aromatic rings. The average molecular weight is 302 g/mol. The summed E-state index contributed by atoms with van der Waals surface area (Å²) in [4.78, 5) is 14.5. The fourth-order valence-electron chi connectivity index (χ4n) is 2.53. The normalized spacial score (nSPS) is 16.4. The van der Waals surface area contributed by atoms with Crippen molar-refractivity contribution in [1.29, 1.82) is 5.26 Å². The molecule has 22 heavy (non-hydrogen) atoms. The van der Waals surface area contributed by atoms with Gasteiger partial charge in [-0.05, 0) is 17.7 Å². The van der Waals surface area contributed by atoms with Gasteiger partial charge in [0.05, 0.1) is 23.3 Å². The highest BCUT2D eigenvalue weighted by molar-refractivity contribution is 5.67. The van der Waals surface area contributed by atoms with Crippen LogP contribution in [0.3, 0.4) is 0 Å². The molecule has 0 radical (unpaired) electrons. The van der Waals surface area contributed by atoms with E-state index in [1.54, 1.807) is 12.1 Å². The third-order valence-corrected chi connectivity index (χ3v) is 3.70. The number of piperazine rings is 1. The lowest BCUT2D eigenvalue weighted by Gasteiger charge is -2.36. The number of non-ortho nitro benzene ring substituents is 1. The molecule has 1 heterocycles. The predicted octanol–water partition coefficient (Wildman–Crippen LogP) is 1.07. The van der Waals surface area contributed by atoms with E-state index < -0.39 is 4.92 Å². The molecular formula is C15H18N4O3. The molecule has 7 nitrogen and oxygen atoms in total. The summed E-state index contributed by atoms with van der Waals surface area (Å²) in [5.74, 6) is 0. The zero-order valence-electron chi connectivity index (χ0n) is 12.2. The summed E-state index contributed by atoms with van der Waals surface area (Å²) in [6.45, 7) is 3.94. The van der Waals surface area contributed by atoms with Crippen LogP contribution in [0, 0.1) is 21.4 Å². The maximum absolute atomic E-state index is 10.7. The van der Waals surface area contributed by atoms with Crippen LogP contribution in [0.5, 0.6) is 0 Å². The zero-order chi connectivity index (χ0) is 15.9. The fourth-order valence-corrected chi connectivity index (χ4v) is 2.53. The molecule has 1 aliphatic rings. The van der Waals surface area contributed by atoms with Crippen LogP contribution in [0.1, 0.15) is 5.56 Å². The second-order valence-corrected chi connectivity index (χ2v) is 5.01. The number of aliphatic hydroxyl groups is 1. The summed E-state index contributed by atoms with van der Waals surface area (Å²) < 4.78 is 0. The summed E-state index contributed by atoms with van der Waals surface area (Å²) in [6.07, 6.45) is 1.48. The van der Waals surface area contributed by atoms with Gasteiger partial charge in [0, 0.05) is 50.9 Å². The van der Waals surface area contributed by atoms with Gasteiger partial charge < -0.3 is 10.0 Å². The topological polar surface area (TPSA) is 93.6 Å². The molecule has 1 aliphatic heterocycles. The first-order valence-electron chi connectivity index (χ1n) is 7.08. The highest BCUT2D eigenvalue weighted by atomic mass is 16.6. The van der Waals surface area contributed by atoms with Crippen LogP contribution in [0.15, 0.2) is 30.3 Å². The first-order valence-corrected chi connectivity index (χ1v) is 7.08. The van der Waals surface area contributed by atoms with Crippen molar-refractivity contribution in [2.45, 2.75) is 0 Å². The van der Waals surface area contributed by atoms with Crippen molar-refractivity contribution in [2.75, 3.05) is 39.3 Å². The van der Waals surface area contributed by atoms with Gasteiger partial charge in [-0.15, -0.1) is 0 Å². The molecule has 0 aromatic heterocycles. The first kappa shape index (κ1) is 15.9. The van der Waals surface area contributed by atoms with Gasteiger partial charge in [-0.25, -0.2) is 0 Å². The number of hydrogen-bond acceptors (Lipinski definition) is 6. The van der Waals surface area contributed by atoms with Crippen molar-refractivity contribution in [3.05, 3.63) is 46.0 Å². The molecule has 0 saturated carbocycles. The minimum atomic E-state index is -0.439. The van der Waals surface area contributed by atoms with E-state index in [1.807, 2.05) is 6.07 Å². The molecule has 1 N–H and O–H groups in total. The minimum absolute atomic E-state index is 0.0350. The Hall–Kier alpha value is -2.43. The third-order valence-electron chi connectivity index (χ3n) is 3.70. The summed E-state index contributed by atoms with van der Waals surface area (Å²) in [6, 6.07) is 8.28. The maximum Gasteiger partial charge on any atom is 0.269 e. The summed E-state index contributed by atoms with van der Waals surface area (Å²) in [7, 11) is 0. The minimum Gasteiger partial charge on any atom is -0.395 e. The molecule has 0 aliphatic carbocycles. The molecule has 0 amide bonds. The number of nitro benzene ring substituents is 1. The van der Waals surface area contributed by atoms with E-state index in [0.717, 1.165) is 37.4 Å². The van der Waals surface area contributed by atoms with Crippen molar-refractivity contribution in [3.63, 3.8) is 0 Å². The molecule has 0 bridgehead atoms. The standard InChI is InChI=1S/C15H18N4O3/c16-6-5-15(13-1-3-14(4-2-13)19(21)22)18-9-7-17(8-10-18)11-12-20/h1-5,20H,7-12H2/b15-5+. The number of aliphatic hydroxyl groups excluding tert-OH is 1.